The first-order valence-corrected chi connectivity index (χ1v) is 9.10. The maximum absolute atomic E-state index is 13.5. The van der Waals surface area contributed by atoms with Gasteiger partial charge in [0.2, 0.25) is 0 Å². The molecule has 164 valence electrons. The number of guanidine groups is 1. The highest BCUT2D eigenvalue weighted by Crippen LogP contribution is 2.40. The lowest BCUT2D eigenvalue weighted by molar-refractivity contribution is -0.136. The molecule has 1 amide bonds. The highest BCUT2D eigenvalue weighted by molar-refractivity contribution is 6.06. The van der Waals surface area contributed by atoms with Crippen molar-refractivity contribution >= 4 is 22.8 Å². The third-order valence-electron chi connectivity index (χ3n) is 4.45. The molecule has 0 atom stereocenters. The van der Waals surface area contributed by atoms with Crippen LogP contribution in [-0.2, 0) is 12.7 Å². The fraction of sp³-hybridized carbons (Fsp3) is 0.250. The molecule has 11 heteroatoms. The van der Waals surface area contributed by atoms with Gasteiger partial charge in [-0.25, -0.2) is 0 Å². The van der Waals surface area contributed by atoms with Crippen LogP contribution in [0.25, 0.3) is 10.9 Å². The Morgan fingerprint density at radius 1 is 1.23 bits per heavy atom. The second-order valence-electron chi connectivity index (χ2n) is 7.15. The first-order chi connectivity index (χ1) is 14.5. The average Bonchev–Trinajstić information content (AvgIpc) is 3.11. The van der Waals surface area contributed by atoms with Crippen molar-refractivity contribution in [3.05, 3.63) is 53.5 Å². The van der Waals surface area contributed by atoms with Crippen LogP contribution >= 0.6 is 0 Å². The summed E-state index contributed by atoms with van der Waals surface area (Å²) in [5, 5.41) is 7.14. The molecule has 0 bridgehead atoms. The van der Waals surface area contributed by atoms with Crippen molar-refractivity contribution < 1.29 is 22.7 Å². The van der Waals surface area contributed by atoms with E-state index in [1.165, 1.54) is 13.1 Å². The van der Waals surface area contributed by atoms with Gasteiger partial charge in [-0.2, -0.15) is 13.2 Å². The van der Waals surface area contributed by atoms with E-state index in [1.54, 1.807) is 18.3 Å². The lowest BCUT2D eigenvalue weighted by atomic mass is 10.1. The van der Waals surface area contributed by atoms with Gasteiger partial charge in [0.25, 0.3) is 5.91 Å². The molecule has 3 aromatic rings. The van der Waals surface area contributed by atoms with Crippen LogP contribution in [0.5, 0.6) is 11.5 Å². The number of fused-ring (bicyclic) bond motifs is 1. The number of ether oxygens (including phenoxy) is 1. The summed E-state index contributed by atoms with van der Waals surface area (Å²) in [6, 6.07) is 6.44. The van der Waals surface area contributed by atoms with Gasteiger partial charge in [0, 0.05) is 31.2 Å². The van der Waals surface area contributed by atoms with Crippen LogP contribution in [0.2, 0.25) is 0 Å². The molecule has 1 aromatic carbocycles. The highest BCUT2D eigenvalue weighted by Gasteiger charge is 2.34. The molecule has 0 aliphatic carbocycles. The summed E-state index contributed by atoms with van der Waals surface area (Å²) < 4.78 is 46.4. The van der Waals surface area contributed by atoms with E-state index in [0.29, 0.717) is 12.3 Å². The Morgan fingerprint density at radius 3 is 2.55 bits per heavy atom. The summed E-state index contributed by atoms with van der Waals surface area (Å²) >= 11 is 0. The Hall–Kier alpha value is -3.60. The van der Waals surface area contributed by atoms with Crippen molar-refractivity contribution in [3.8, 4) is 11.5 Å². The minimum atomic E-state index is -4.64. The van der Waals surface area contributed by atoms with Crippen molar-refractivity contribution in [2.45, 2.75) is 12.7 Å². The summed E-state index contributed by atoms with van der Waals surface area (Å²) in [5.41, 5.74) is 4.96. The van der Waals surface area contributed by atoms with Crippen molar-refractivity contribution in [2.75, 3.05) is 21.1 Å². The average molecular weight is 434 g/mol. The number of aromatic nitrogens is 2. The monoisotopic (exact) mass is 434 g/mol. The third kappa shape index (κ3) is 4.77. The fourth-order valence-corrected chi connectivity index (χ4v) is 2.99. The first-order valence-electron chi connectivity index (χ1n) is 9.10. The quantitative estimate of drug-likeness (QED) is 0.421. The van der Waals surface area contributed by atoms with Crippen molar-refractivity contribution in [3.63, 3.8) is 0 Å². The second kappa shape index (κ2) is 8.26. The van der Waals surface area contributed by atoms with E-state index in [2.05, 4.69) is 9.97 Å². The zero-order valence-corrected chi connectivity index (χ0v) is 17.0. The molecule has 0 aliphatic heterocycles. The Balaban J connectivity index is 2.08. The predicted octanol–water partition coefficient (Wildman–Crippen LogP) is 3.40. The lowest BCUT2D eigenvalue weighted by Crippen LogP contribution is -2.38. The zero-order valence-electron chi connectivity index (χ0n) is 17.0. The van der Waals surface area contributed by atoms with E-state index < -0.39 is 23.6 Å². The maximum Gasteiger partial charge on any atom is 0.417 e. The van der Waals surface area contributed by atoms with E-state index >= 15 is 0 Å². The molecule has 0 radical (unpaired) electrons. The van der Waals surface area contributed by atoms with Gasteiger partial charge in [0.15, 0.2) is 11.7 Å². The number of nitrogens with zero attached hydrogens (tertiary/aromatic N) is 3. The molecule has 0 fully saturated rings. The molecule has 31 heavy (non-hydrogen) atoms. The largest absolute Gasteiger partial charge is 0.455 e. The minimum absolute atomic E-state index is 0.00102. The Labute approximate surface area is 175 Å². The van der Waals surface area contributed by atoms with Gasteiger partial charge in [0.1, 0.15) is 11.4 Å². The van der Waals surface area contributed by atoms with Gasteiger partial charge >= 0.3 is 6.18 Å². The third-order valence-corrected chi connectivity index (χ3v) is 4.45. The van der Waals surface area contributed by atoms with Crippen LogP contribution < -0.4 is 10.5 Å². The number of hydrogen-bond acceptors (Lipinski definition) is 5. The van der Waals surface area contributed by atoms with Gasteiger partial charge < -0.3 is 20.4 Å². The molecule has 8 nitrogen and oxygen atoms in total. The predicted molar refractivity (Wildman–Crippen MR) is 109 cm³/mol. The van der Waals surface area contributed by atoms with Gasteiger partial charge in [-0.3, -0.25) is 20.1 Å². The number of pyridine rings is 1. The molecule has 0 unspecified atom stereocenters. The smallest absolute Gasteiger partial charge is 0.417 e. The van der Waals surface area contributed by atoms with Crippen LogP contribution in [0.1, 0.15) is 21.7 Å². The van der Waals surface area contributed by atoms with Crippen molar-refractivity contribution in [1.82, 2.24) is 19.8 Å². The summed E-state index contributed by atoms with van der Waals surface area (Å²) in [6.07, 6.45) is -3.09. The molecular formula is C20H21F3N6O2. The number of carbonyl (C=O) groups is 1. The number of nitrogens with two attached hydrogens (primary N) is 1. The number of H-pyrrole nitrogens is 1. The molecular weight excluding hydrogens is 413 g/mol. The Kier molecular flexibility index (Phi) is 5.89. The zero-order chi connectivity index (χ0) is 22.9. The summed E-state index contributed by atoms with van der Waals surface area (Å²) in [6.45, 7) is 0.554. The number of rotatable bonds is 5. The topological polar surface area (TPSA) is 111 Å². The molecule has 0 saturated carbocycles. The SMILES string of the molecule is CN(C)Cc1cc(Oc2ccc(C(F)(F)F)c3cc(C(=O)N(C)C(=N)N)[nH]c23)ccn1. The van der Waals surface area contributed by atoms with Crippen molar-refractivity contribution in [1.29, 1.82) is 5.41 Å². The van der Waals surface area contributed by atoms with Crippen LogP contribution in [0.3, 0.4) is 0 Å². The lowest BCUT2D eigenvalue weighted by Gasteiger charge is -2.13. The van der Waals surface area contributed by atoms with Gasteiger partial charge in [0.05, 0.1) is 16.8 Å². The minimum Gasteiger partial charge on any atom is -0.455 e. The van der Waals surface area contributed by atoms with Gasteiger partial charge in [-0.1, -0.05) is 0 Å². The molecule has 0 spiro atoms. The normalized spacial score (nSPS) is 11.7. The second-order valence-corrected chi connectivity index (χ2v) is 7.15. The molecule has 4 N–H and O–H groups in total. The van der Waals surface area contributed by atoms with Crippen LogP contribution in [0.4, 0.5) is 13.2 Å². The van der Waals surface area contributed by atoms with Gasteiger partial charge in [-0.05, 0) is 38.4 Å². The van der Waals surface area contributed by atoms with Crippen LogP contribution in [-0.4, -0.2) is 52.8 Å². The van der Waals surface area contributed by atoms with Crippen LogP contribution in [0, 0.1) is 5.41 Å². The Morgan fingerprint density at radius 2 is 1.94 bits per heavy atom. The van der Waals surface area contributed by atoms with E-state index in [1.807, 2.05) is 19.0 Å². The van der Waals surface area contributed by atoms with Gasteiger partial charge in [-0.15, -0.1) is 0 Å². The summed E-state index contributed by atoms with van der Waals surface area (Å²) in [7, 11) is 5.01. The number of carbonyl (C=O) groups excluding carboxylic acids is 1. The van der Waals surface area contributed by atoms with Crippen LogP contribution in [0.15, 0.2) is 36.5 Å². The number of alkyl halides is 3. The highest BCUT2D eigenvalue weighted by atomic mass is 19.4. The van der Waals surface area contributed by atoms with E-state index in [9.17, 15) is 18.0 Å². The maximum atomic E-state index is 13.5. The molecule has 0 saturated heterocycles. The standard InChI is InChI=1S/C20H21F3N6O2/c1-28(2)10-11-8-12(6-7-26-11)31-16-5-4-14(20(21,22)23)13-9-15(27-17(13)16)18(30)29(3)19(24)25/h4-9,27H,10H2,1-3H3,(H3,24,25). The first kappa shape index (κ1) is 22.1. The Bertz CT molecular complexity index is 1140. The summed E-state index contributed by atoms with van der Waals surface area (Å²) in [4.78, 5) is 22.1. The number of amides is 1. The van der Waals surface area contributed by atoms with E-state index in [4.69, 9.17) is 15.9 Å². The number of halogens is 3. The molecule has 2 aromatic heterocycles. The number of nitrogens with one attached hydrogen (secondary N) is 2. The molecule has 3 rings (SSSR count). The number of benzene rings is 1. The van der Waals surface area contributed by atoms with Crippen molar-refractivity contribution in [2.24, 2.45) is 5.73 Å². The fourth-order valence-electron chi connectivity index (χ4n) is 2.99. The summed E-state index contributed by atoms with van der Waals surface area (Å²) in [5.74, 6) is -0.799. The van der Waals surface area contributed by atoms with E-state index in [0.717, 1.165) is 22.7 Å². The molecule has 2 heterocycles. The number of hydrogen-bond donors (Lipinski definition) is 3. The number of aromatic amines is 1. The molecule has 0 aliphatic rings. The van der Waals surface area contributed by atoms with E-state index in [-0.39, 0.29) is 22.3 Å².